The third-order valence-electron chi connectivity index (χ3n) is 4.62. The van der Waals surface area contributed by atoms with E-state index in [1.165, 1.54) is 0 Å². The van der Waals surface area contributed by atoms with Crippen molar-refractivity contribution in [3.05, 3.63) is 87.0 Å². The van der Waals surface area contributed by atoms with Crippen LogP contribution < -0.4 is 10.7 Å². The van der Waals surface area contributed by atoms with Gasteiger partial charge in [-0.3, -0.25) is 9.59 Å². The molecule has 0 fully saturated rings. The molecular weight excluding hydrogens is 404 g/mol. The van der Waals surface area contributed by atoms with Crippen molar-refractivity contribution in [2.75, 3.05) is 5.32 Å². The molecule has 0 radical (unpaired) electrons. The Balaban J connectivity index is 1.78. The fraction of sp³-hybridized carbons (Fsp3) is 0.0909. The molecule has 1 aromatic heterocycles. The second-order valence-corrected chi connectivity index (χ2v) is 7.32. The molecule has 1 heterocycles. The van der Waals surface area contributed by atoms with Crippen LogP contribution in [0.3, 0.4) is 0 Å². The summed E-state index contributed by atoms with van der Waals surface area (Å²) in [7, 11) is 0. The van der Waals surface area contributed by atoms with E-state index in [1.807, 2.05) is 66.1 Å². The van der Waals surface area contributed by atoms with Crippen LogP contribution in [-0.2, 0) is 11.3 Å². The van der Waals surface area contributed by atoms with Crippen molar-refractivity contribution in [2.45, 2.75) is 13.5 Å². The van der Waals surface area contributed by atoms with Crippen molar-refractivity contribution in [3.8, 4) is 0 Å². The minimum Gasteiger partial charge on any atom is -0.331 e. The van der Waals surface area contributed by atoms with Crippen molar-refractivity contribution in [3.63, 3.8) is 0 Å². The second-order valence-electron chi connectivity index (χ2n) is 6.46. The third kappa shape index (κ3) is 3.26. The summed E-state index contributed by atoms with van der Waals surface area (Å²) < 4.78 is 2.89. The van der Waals surface area contributed by atoms with Crippen LogP contribution in [0.4, 0.5) is 5.69 Å². The predicted octanol–water partition coefficient (Wildman–Crippen LogP) is 4.86. The largest absolute Gasteiger partial charge is 0.331 e. The topological polar surface area (TPSA) is 51.1 Å². The monoisotopic (exact) mass is 420 g/mol. The lowest BCUT2D eigenvalue weighted by atomic mass is 10.1. The summed E-state index contributed by atoms with van der Waals surface area (Å²) in [6.45, 7) is 2.10. The lowest BCUT2D eigenvalue weighted by molar-refractivity contribution is -0.116. The number of pyridine rings is 1. The van der Waals surface area contributed by atoms with Gasteiger partial charge in [-0.15, -0.1) is 0 Å². The number of anilines is 1. The number of rotatable bonds is 3. The molecule has 134 valence electrons. The van der Waals surface area contributed by atoms with Crippen LogP contribution in [0, 0.1) is 6.92 Å². The highest BCUT2D eigenvalue weighted by Gasteiger charge is 2.13. The van der Waals surface area contributed by atoms with Gasteiger partial charge in [0.25, 0.3) is 0 Å². The molecule has 5 heteroatoms. The maximum atomic E-state index is 12.8. The van der Waals surface area contributed by atoms with E-state index in [9.17, 15) is 9.59 Å². The van der Waals surface area contributed by atoms with E-state index in [2.05, 4.69) is 21.2 Å². The van der Waals surface area contributed by atoms with Crippen molar-refractivity contribution in [1.82, 2.24) is 4.57 Å². The fourth-order valence-corrected chi connectivity index (χ4v) is 3.56. The lowest BCUT2D eigenvalue weighted by Crippen LogP contribution is -2.21. The molecule has 0 aliphatic rings. The van der Waals surface area contributed by atoms with E-state index >= 15 is 0 Å². The van der Waals surface area contributed by atoms with Gasteiger partial charge in [0.1, 0.15) is 6.54 Å². The van der Waals surface area contributed by atoms with Gasteiger partial charge in [-0.25, -0.2) is 0 Å². The molecule has 0 saturated carbocycles. The summed E-state index contributed by atoms with van der Waals surface area (Å²) in [5.74, 6) is -0.143. The van der Waals surface area contributed by atoms with E-state index in [0.29, 0.717) is 10.8 Å². The molecule has 0 unspecified atom stereocenters. The van der Waals surface area contributed by atoms with Gasteiger partial charge in [0, 0.05) is 20.9 Å². The number of aromatic nitrogens is 1. The molecule has 27 heavy (non-hydrogen) atoms. The Bertz CT molecular complexity index is 1180. The van der Waals surface area contributed by atoms with Crippen LogP contribution in [0.15, 0.2) is 76.0 Å². The first-order chi connectivity index (χ1) is 13.0. The van der Waals surface area contributed by atoms with Crippen LogP contribution in [0.2, 0.25) is 0 Å². The number of amides is 1. The van der Waals surface area contributed by atoms with Crippen LogP contribution in [0.5, 0.6) is 0 Å². The molecular formula is C22H17BrN2O2. The zero-order valence-electron chi connectivity index (χ0n) is 14.7. The number of fused-ring (bicyclic) bond motifs is 2. The number of carbonyl (C=O) groups excluding carboxylic acids is 1. The molecule has 1 N–H and O–H groups in total. The first-order valence-corrected chi connectivity index (χ1v) is 9.40. The standard InChI is InChI=1S/C22H17BrN2O2/c1-14-12-15(10-11-18(14)23)24-21(26)13-25-19-8-4-2-6-16(19)22(27)17-7-3-5-9-20(17)25/h2-12H,13H2,1H3,(H,24,26). The van der Waals surface area contributed by atoms with E-state index in [4.69, 9.17) is 0 Å². The zero-order valence-corrected chi connectivity index (χ0v) is 16.3. The Morgan fingerprint density at radius 2 is 1.56 bits per heavy atom. The van der Waals surface area contributed by atoms with Gasteiger partial charge in [0.15, 0.2) is 5.43 Å². The van der Waals surface area contributed by atoms with Gasteiger partial charge in [-0.1, -0.05) is 40.2 Å². The van der Waals surface area contributed by atoms with Crippen LogP contribution in [0.1, 0.15) is 5.56 Å². The van der Waals surface area contributed by atoms with Crippen molar-refractivity contribution in [2.24, 2.45) is 0 Å². The maximum absolute atomic E-state index is 12.8. The molecule has 4 aromatic rings. The minimum atomic E-state index is -0.143. The van der Waals surface area contributed by atoms with E-state index < -0.39 is 0 Å². The average Bonchev–Trinajstić information content (AvgIpc) is 2.68. The normalized spacial score (nSPS) is 11.0. The highest BCUT2D eigenvalue weighted by molar-refractivity contribution is 9.10. The van der Waals surface area contributed by atoms with Gasteiger partial charge >= 0.3 is 0 Å². The van der Waals surface area contributed by atoms with E-state index in [1.54, 1.807) is 12.1 Å². The van der Waals surface area contributed by atoms with Crippen molar-refractivity contribution < 1.29 is 4.79 Å². The Hall–Kier alpha value is -2.92. The number of halogens is 1. The fourth-order valence-electron chi connectivity index (χ4n) is 3.31. The van der Waals surface area contributed by atoms with E-state index in [-0.39, 0.29) is 17.9 Å². The summed E-state index contributed by atoms with van der Waals surface area (Å²) in [5.41, 5.74) is 3.29. The SMILES string of the molecule is Cc1cc(NC(=O)Cn2c3ccccc3c(=O)c3ccccc32)ccc1Br. The number of benzene rings is 3. The summed E-state index contributed by atoms with van der Waals surface area (Å²) in [5, 5.41) is 4.17. The first kappa shape index (κ1) is 17.5. The van der Waals surface area contributed by atoms with Gasteiger partial charge in [-0.05, 0) is 55.0 Å². The quantitative estimate of drug-likeness (QED) is 0.480. The Kier molecular flexibility index (Phi) is 4.54. The van der Waals surface area contributed by atoms with Crippen LogP contribution in [-0.4, -0.2) is 10.5 Å². The van der Waals surface area contributed by atoms with Crippen LogP contribution in [0.25, 0.3) is 21.8 Å². The Morgan fingerprint density at radius 1 is 0.963 bits per heavy atom. The smallest absolute Gasteiger partial charge is 0.244 e. The van der Waals surface area contributed by atoms with Gasteiger partial charge in [-0.2, -0.15) is 0 Å². The Labute approximate surface area is 164 Å². The van der Waals surface area contributed by atoms with Gasteiger partial charge < -0.3 is 9.88 Å². The predicted molar refractivity (Wildman–Crippen MR) is 113 cm³/mol. The molecule has 3 aromatic carbocycles. The molecule has 0 aliphatic heterocycles. The molecule has 0 aliphatic carbocycles. The molecule has 4 nitrogen and oxygen atoms in total. The average molecular weight is 421 g/mol. The van der Waals surface area contributed by atoms with Gasteiger partial charge in [0.2, 0.25) is 5.91 Å². The lowest BCUT2D eigenvalue weighted by Gasteiger charge is -2.15. The molecule has 0 atom stereocenters. The minimum absolute atomic E-state index is 0.0126. The third-order valence-corrected chi connectivity index (χ3v) is 5.51. The maximum Gasteiger partial charge on any atom is 0.244 e. The number of nitrogens with one attached hydrogen (secondary N) is 1. The zero-order chi connectivity index (χ0) is 19.0. The number of carbonyl (C=O) groups is 1. The molecule has 1 amide bonds. The van der Waals surface area contributed by atoms with Crippen molar-refractivity contribution >= 4 is 49.3 Å². The molecule has 0 saturated heterocycles. The van der Waals surface area contributed by atoms with Crippen LogP contribution >= 0.6 is 15.9 Å². The second kappa shape index (κ2) is 7.00. The number of hydrogen-bond acceptors (Lipinski definition) is 2. The summed E-state index contributed by atoms with van der Waals surface area (Å²) in [6.07, 6.45) is 0. The summed E-state index contributed by atoms with van der Waals surface area (Å²) in [4.78, 5) is 25.5. The van der Waals surface area contributed by atoms with E-state index in [0.717, 1.165) is 26.8 Å². The highest BCUT2D eigenvalue weighted by Crippen LogP contribution is 2.21. The summed E-state index contributed by atoms with van der Waals surface area (Å²) in [6, 6.07) is 20.5. The number of nitrogens with zero attached hydrogens (tertiary/aromatic N) is 1. The number of hydrogen-bond donors (Lipinski definition) is 1. The number of aryl methyl sites for hydroxylation is 1. The number of para-hydroxylation sites is 2. The molecule has 4 rings (SSSR count). The van der Waals surface area contributed by atoms with Crippen molar-refractivity contribution in [1.29, 1.82) is 0 Å². The molecule has 0 bridgehead atoms. The first-order valence-electron chi connectivity index (χ1n) is 8.61. The summed E-state index contributed by atoms with van der Waals surface area (Å²) >= 11 is 3.46. The Morgan fingerprint density at radius 3 is 2.15 bits per heavy atom. The molecule has 0 spiro atoms. The highest BCUT2D eigenvalue weighted by atomic mass is 79.9. The van der Waals surface area contributed by atoms with Gasteiger partial charge in [0.05, 0.1) is 11.0 Å².